The molecule has 1 aliphatic carbocycles. The summed E-state index contributed by atoms with van der Waals surface area (Å²) >= 11 is 0. The highest BCUT2D eigenvalue weighted by atomic mass is 16.7. The van der Waals surface area contributed by atoms with Crippen LogP contribution in [0, 0.1) is 35.5 Å². The number of imide groups is 2. The summed E-state index contributed by atoms with van der Waals surface area (Å²) in [6.45, 7) is 13.2. The highest BCUT2D eigenvalue weighted by Crippen LogP contribution is 2.39. The van der Waals surface area contributed by atoms with Gasteiger partial charge in [0.2, 0.25) is 30.1 Å². The van der Waals surface area contributed by atoms with Gasteiger partial charge in [-0.1, -0.05) is 85.7 Å². The average Bonchev–Trinajstić information content (AvgIpc) is 4.24. The van der Waals surface area contributed by atoms with Gasteiger partial charge in [-0.15, -0.1) is 0 Å². The molecule has 1 aromatic rings. The molecule has 3 fully saturated rings. The second-order valence-electron chi connectivity index (χ2n) is 23.6. The summed E-state index contributed by atoms with van der Waals surface area (Å²) in [6, 6.07) is 3.74. The number of Topliss-reactive ketones (excluding diaryl/α,β-unsaturated/α-hetero) is 1. The molecule has 6 rings (SSSR count). The third-order valence-electron chi connectivity index (χ3n) is 16.4. The molecule has 5 aliphatic rings. The molecule has 0 aromatic heterocycles. The van der Waals surface area contributed by atoms with Crippen LogP contribution >= 0.6 is 0 Å². The van der Waals surface area contributed by atoms with Crippen molar-refractivity contribution in [2.24, 2.45) is 35.5 Å². The molecular formula is C59H83N7O15. The molecule has 81 heavy (non-hydrogen) atoms. The fraction of sp³-hybridized carbons (Fsp3) is 0.644. The molecule has 0 bridgehead atoms. The zero-order valence-electron chi connectivity index (χ0n) is 49.0. The molecule has 7 atom stereocenters. The Morgan fingerprint density at radius 1 is 0.728 bits per heavy atom. The second-order valence-corrected chi connectivity index (χ2v) is 23.6. The van der Waals surface area contributed by atoms with E-state index >= 15 is 14.4 Å². The van der Waals surface area contributed by atoms with Crippen LogP contribution in [0.15, 0.2) is 54.3 Å². The lowest BCUT2D eigenvalue weighted by molar-refractivity contribution is -0.179. The Hall–Kier alpha value is -6.97. The van der Waals surface area contributed by atoms with E-state index in [2.05, 4.69) is 5.32 Å². The van der Waals surface area contributed by atoms with Crippen LogP contribution in [0.5, 0.6) is 0 Å². The zero-order valence-corrected chi connectivity index (χ0v) is 49.0. The van der Waals surface area contributed by atoms with Gasteiger partial charge in [0.25, 0.3) is 23.6 Å². The predicted octanol–water partition coefficient (Wildman–Crippen LogP) is 4.04. The molecule has 2 saturated heterocycles. The lowest BCUT2D eigenvalue weighted by Gasteiger charge is -2.42. The zero-order chi connectivity index (χ0) is 59.8. The van der Waals surface area contributed by atoms with E-state index in [1.165, 1.54) is 42.2 Å². The number of likely N-dealkylation sites (N-methyl/N-ethyl adjacent to an activating group) is 2. The Bertz CT molecular complexity index is 2580. The minimum atomic E-state index is -2.44. The fourth-order valence-corrected chi connectivity index (χ4v) is 12.2. The van der Waals surface area contributed by atoms with Gasteiger partial charge in [-0.3, -0.25) is 62.8 Å². The Labute approximate surface area is 475 Å². The van der Waals surface area contributed by atoms with Crippen LogP contribution in [0.1, 0.15) is 112 Å². The van der Waals surface area contributed by atoms with Gasteiger partial charge in [0.1, 0.15) is 23.9 Å². The van der Waals surface area contributed by atoms with Crippen molar-refractivity contribution in [2.75, 3.05) is 54.7 Å². The van der Waals surface area contributed by atoms with E-state index < -0.39 is 126 Å². The summed E-state index contributed by atoms with van der Waals surface area (Å²) in [7, 11) is 6.20. The molecule has 0 unspecified atom stereocenters. The van der Waals surface area contributed by atoms with Crippen LogP contribution in [-0.2, 0) is 73.3 Å². The number of nitrogens with zero attached hydrogens (tertiary/aromatic N) is 6. The normalized spacial score (nSPS) is 23.5. The summed E-state index contributed by atoms with van der Waals surface area (Å²) in [5, 5.41) is 2.90. The number of carbonyl (C=O) groups is 11. The van der Waals surface area contributed by atoms with E-state index in [1.54, 1.807) is 60.5 Å². The Kier molecular flexibility index (Phi) is 21.2. The Morgan fingerprint density at radius 3 is 1.93 bits per heavy atom. The number of carbonyl (C=O) groups excluding carboxylic acids is 11. The number of nitrogens with one attached hydrogen (secondary N) is 1. The first-order valence-electron chi connectivity index (χ1n) is 28.4. The van der Waals surface area contributed by atoms with E-state index in [1.807, 2.05) is 44.2 Å². The van der Waals surface area contributed by atoms with E-state index in [-0.39, 0.29) is 74.7 Å². The van der Waals surface area contributed by atoms with Gasteiger partial charge >= 0.3 is 18.0 Å². The number of likely N-dealkylation sites (tertiary alicyclic amines) is 2. The number of ketones is 1. The maximum Gasteiger partial charge on any atom is 0.413 e. The van der Waals surface area contributed by atoms with E-state index in [0.29, 0.717) is 32.1 Å². The highest BCUT2D eigenvalue weighted by molar-refractivity contribution is 6.16. The number of hydrogen-bond donors (Lipinski definition) is 1. The van der Waals surface area contributed by atoms with E-state index in [4.69, 9.17) is 18.9 Å². The summed E-state index contributed by atoms with van der Waals surface area (Å²) < 4.78 is 22.6. The molecule has 22 nitrogen and oxygen atoms in total. The van der Waals surface area contributed by atoms with Gasteiger partial charge in [0, 0.05) is 51.3 Å². The molecule has 22 heteroatoms. The summed E-state index contributed by atoms with van der Waals surface area (Å²) in [5.74, 6) is -9.22. The number of esters is 2. The molecule has 1 aromatic carbocycles. The quantitative estimate of drug-likeness (QED) is 0.0702. The minimum Gasteiger partial charge on any atom is -0.499 e. The number of methoxy groups -OCH3 is 1. The van der Waals surface area contributed by atoms with Crippen LogP contribution in [-0.4, -0.2) is 191 Å². The number of rotatable bonds is 23. The molecule has 4 aliphatic heterocycles. The SMILES string of the molecule is COC1=CC(=O)N(C(=O)[C@@H](OC(=O)[C@]2(C(=O)[C@@H](NC(=O)[C@H](C(C)C)N(C)C)C(C)C)CCCN2C(=O)[C@@H]2CCCN2C(=O)[C@H](C(C)C)N(C)C(=O)OCOC(=O)C2CCC(CN3C(=O)C=CC3=O)CC2)C(C)C)[C@H]1Cc1ccccc1. The molecule has 0 spiro atoms. The first-order chi connectivity index (χ1) is 38.3. The monoisotopic (exact) mass is 1130 g/mol. The molecule has 8 amide bonds. The largest absolute Gasteiger partial charge is 0.499 e. The molecule has 1 N–H and O–H groups in total. The van der Waals surface area contributed by atoms with Crippen molar-refractivity contribution in [3.63, 3.8) is 0 Å². The van der Waals surface area contributed by atoms with Gasteiger partial charge in [-0.2, -0.15) is 0 Å². The smallest absolute Gasteiger partial charge is 0.413 e. The van der Waals surface area contributed by atoms with E-state index in [9.17, 15) is 38.4 Å². The molecular weight excluding hydrogens is 1050 g/mol. The first kappa shape index (κ1) is 63.2. The van der Waals surface area contributed by atoms with Crippen molar-refractivity contribution < 1.29 is 71.7 Å². The van der Waals surface area contributed by atoms with Crippen LogP contribution < -0.4 is 5.32 Å². The van der Waals surface area contributed by atoms with Crippen LogP contribution in [0.25, 0.3) is 0 Å². The number of benzene rings is 1. The number of ether oxygens (including phenoxy) is 4. The van der Waals surface area contributed by atoms with Gasteiger partial charge in [0.05, 0.1) is 25.1 Å². The summed E-state index contributed by atoms with van der Waals surface area (Å²) in [6.07, 6.45) is 3.57. The van der Waals surface area contributed by atoms with Crippen molar-refractivity contribution in [2.45, 2.75) is 155 Å². The van der Waals surface area contributed by atoms with Crippen LogP contribution in [0.4, 0.5) is 4.79 Å². The topological polar surface area (TPSA) is 256 Å². The lowest BCUT2D eigenvalue weighted by atomic mass is 9.81. The molecule has 1 saturated carbocycles. The van der Waals surface area contributed by atoms with E-state index in [0.717, 1.165) is 20.3 Å². The highest BCUT2D eigenvalue weighted by Gasteiger charge is 2.61. The van der Waals surface area contributed by atoms with Crippen LogP contribution in [0.2, 0.25) is 0 Å². The van der Waals surface area contributed by atoms with Gasteiger partial charge in [-0.05, 0) is 101 Å². The van der Waals surface area contributed by atoms with Gasteiger partial charge in [-0.25, -0.2) is 9.59 Å². The minimum absolute atomic E-state index is 0.0277. The fourth-order valence-electron chi connectivity index (χ4n) is 12.2. The third kappa shape index (κ3) is 13.9. The van der Waals surface area contributed by atoms with Crippen molar-refractivity contribution in [3.05, 3.63) is 59.9 Å². The number of hydrogen-bond acceptors (Lipinski definition) is 16. The molecule has 4 heterocycles. The maximum absolute atomic E-state index is 15.7. The van der Waals surface area contributed by atoms with Crippen LogP contribution in [0.3, 0.4) is 0 Å². The Balaban J connectivity index is 1.23. The molecule has 444 valence electrons. The predicted molar refractivity (Wildman–Crippen MR) is 293 cm³/mol. The van der Waals surface area contributed by atoms with Gasteiger partial charge < -0.3 is 34.1 Å². The average molecular weight is 1130 g/mol. The third-order valence-corrected chi connectivity index (χ3v) is 16.4. The van der Waals surface area contributed by atoms with Gasteiger partial charge in [0.15, 0.2) is 11.9 Å². The summed E-state index contributed by atoms with van der Waals surface area (Å²) in [5.41, 5.74) is -1.65. The van der Waals surface area contributed by atoms with Crippen molar-refractivity contribution in [1.82, 2.24) is 34.7 Å². The first-order valence-corrected chi connectivity index (χ1v) is 28.4. The summed E-state index contributed by atoms with van der Waals surface area (Å²) in [4.78, 5) is 163. The standard InChI is InChI=1S/C59H83N7O15/c1-34(2)47(60-52(71)48(35(3)4)61(9)10)51(70)59(57(76)81-50(37(7)8)55(74)66-42(43(78-12)31-46(66)69)30-38-18-14-13-15-19-38)27-17-29-65(59)53(72)41-20-16-28-63(41)54(73)49(36(5)6)62(11)58(77)80-33-79-56(75)40-23-21-39(22-24-40)32-64-44(67)25-26-45(64)68/h13-15,18-19,25-26,31,34-37,39-42,47-50H,16-17,20-24,27-30,32-33H2,1-12H3,(H,60,71)/t39?,40?,41-,42-,47-,48-,49-,50-,59+/m0/s1. The second kappa shape index (κ2) is 27.2. The van der Waals surface area contributed by atoms with Crippen molar-refractivity contribution in [3.8, 4) is 0 Å². The number of amides is 8. The Morgan fingerprint density at radius 2 is 1.36 bits per heavy atom. The van der Waals surface area contributed by atoms with Crippen molar-refractivity contribution in [1.29, 1.82) is 0 Å². The molecule has 0 radical (unpaired) electrons. The maximum atomic E-state index is 15.7. The van der Waals surface area contributed by atoms with Crippen molar-refractivity contribution >= 4 is 65.2 Å². The lowest BCUT2D eigenvalue weighted by Crippen LogP contribution is -2.68.